The van der Waals surface area contributed by atoms with Gasteiger partial charge in [-0.05, 0) is 66.0 Å². The molecule has 2 fully saturated rings. The Balaban J connectivity index is 0.000000160. The molecule has 2 aliphatic carbocycles. The smallest absolute Gasteiger partial charge is 0.414 e. The van der Waals surface area contributed by atoms with Gasteiger partial charge < -0.3 is 20.5 Å². The summed E-state index contributed by atoms with van der Waals surface area (Å²) in [4.78, 5) is 41.3. The Labute approximate surface area is 299 Å². The van der Waals surface area contributed by atoms with Gasteiger partial charge in [-0.3, -0.25) is 14.6 Å². The third kappa shape index (κ3) is 7.21. The average molecular weight is 687 g/mol. The van der Waals surface area contributed by atoms with Gasteiger partial charge in [0.15, 0.2) is 0 Å². The van der Waals surface area contributed by atoms with Gasteiger partial charge in [0, 0.05) is 31.0 Å². The molecule has 0 spiro atoms. The number of fused-ring (bicyclic) bond motifs is 4. The van der Waals surface area contributed by atoms with Crippen LogP contribution < -0.4 is 20.9 Å². The Morgan fingerprint density at radius 1 is 0.627 bits per heavy atom. The van der Waals surface area contributed by atoms with Gasteiger partial charge in [0.2, 0.25) is 5.91 Å². The SMILES string of the molecule is CC(=O)NC1c2ccccc2N(C(=O)OCc2ccccc2)C2CCCC12.NC1c2ccccc2N(C(=O)OCc2ccccc2)C2CCCC12. The molecular formula is C42H46N4O5. The first-order chi connectivity index (χ1) is 24.9. The fraction of sp³-hybridized carbons (Fsp3) is 0.357. The van der Waals surface area contributed by atoms with Crippen molar-refractivity contribution in [2.45, 2.75) is 82.8 Å². The molecular weight excluding hydrogens is 640 g/mol. The van der Waals surface area contributed by atoms with E-state index in [0.717, 1.165) is 72.2 Å². The molecule has 4 aromatic carbocycles. The molecule has 2 saturated carbocycles. The predicted molar refractivity (Wildman–Crippen MR) is 197 cm³/mol. The summed E-state index contributed by atoms with van der Waals surface area (Å²) >= 11 is 0. The summed E-state index contributed by atoms with van der Waals surface area (Å²) in [5, 5.41) is 3.11. The van der Waals surface area contributed by atoms with Crippen molar-refractivity contribution in [3.63, 3.8) is 0 Å². The molecule has 0 radical (unpaired) electrons. The maximum Gasteiger partial charge on any atom is 0.414 e. The zero-order valence-electron chi connectivity index (χ0n) is 29.0. The molecule has 2 aliphatic heterocycles. The quantitative estimate of drug-likeness (QED) is 0.219. The summed E-state index contributed by atoms with van der Waals surface area (Å²) in [6.07, 6.45) is 5.55. The van der Waals surface area contributed by atoms with E-state index in [-0.39, 0.29) is 54.8 Å². The van der Waals surface area contributed by atoms with Crippen LogP contribution in [0, 0.1) is 11.8 Å². The molecule has 264 valence electrons. The highest BCUT2D eigenvalue weighted by atomic mass is 16.6. The van der Waals surface area contributed by atoms with E-state index in [1.165, 1.54) is 0 Å². The van der Waals surface area contributed by atoms with Gasteiger partial charge in [-0.15, -0.1) is 0 Å². The van der Waals surface area contributed by atoms with Crippen LogP contribution in [-0.2, 0) is 27.5 Å². The maximum atomic E-state index is 13.0. The number of hydrogen-bond acceptors (Lipinski definition) is 6. The number of carbonyl (C=O) groups excluding carboxylic acids is 3. The number of rotatable bonds is 5. The van der Waals surface area contributed by atoms with Gasteiger partial charge in [0.05, 0.1) is 17.4 Å². The first-order valence-electron chi connectivity index (χ1n) is 18.1. The molecule has 4 aromatic rings. The monoisotopic (exact) mass is 686 g/mol. The van der Waals surface area contributed by atoms with Crippen LogP contribution in [0.1, 0.15) is 79.8 Å². The molecule has 8 rings (SSSR count). The van der Waals surface area contributed by atoms with Crippen LogP contribution in [0.4, 0.5) is 21.0 Å². The van der Waals surface area contributed by atoms with Crippen molar-refractivity contribution in [3.8, 4) is 0 Å². The van der Waals surface area contributed by atoms with Gasteiger partial charge in [-0.1, -0.05) is 110 Å². The molecule has 0 saturated heterocycles. The lowest BCUT2D eigenvalue weighted by molar-refractivity contribution is -0.120. The Morgan fingerprint density at radius 2 is 1.08 bits per heavy atom. The molecule has 6 unspecified atom stereocenters. The summed E-state index contributed by atoms with van der Waals surface area (Å²) in [6, 6.07) is 35.4. The Kier molecular flexibility index (Phi) is 10.4. The Bertz CT molecular complexity index is 1840. The van der Waals surface area contributed by atoms with E-state index in [0.29, 0.717) is 12.5 Å². The molecule has 2 heterocycles. The number of nitrogens with zero attached hydrogens (tertiary/aromatic N) is 2. The molecule has 9 nitrogen and oxygen atoms in total. The third-order valence-electron chi connectivity index (χ3n) is 10.9. The minimum atomic E-state index is -0.315. The first-order valence-corrected chi connectivity index (χ1v) is 18.1. The highest BCUT2D eigenvalue weighted by Crippen LogP contribution is 2.48. The number of amides is 3. The van der Waals surface area contributed by atoms with Crippen molar-refractivity contribution in [1.82, 2.24) is 5.32 Å². The second-order valence-corrected chi connectivity index (χ2v) is 14.0. The topological polar surface area (TPSA) is 114 Å². The number of hydrogen-bond donors (Lipinski definition) is 2. The van der Waals surface area contributed by atoms with Crippen molar-refractivity contribution in [2.75, 3.05) is 9.80 Å². The van der Waals surface area contributed by atoms with E-state index in [1.54, 1.807) is 6.92 Å². The number of nitrogens with two attached hydrogens (primary N) is 1. The summed E-state index contributed by atoms with van der Waals surface area (Å²) < 4.78 is 11.3. The standard InChI is InChI=1S/C22H24N2O3.C20H22N2O2/c1-15(25)23-21-17-10-5-6-12-19(17)24(20-13-7-11-18(20)21)22(26)27-14-16-8-3-2-4-9-16;21-19-15-9-4-5-11-17(15)22(18-12-6-10-16(18)19)20(23)24-13-14-7-2-1-3-8-14/h2-6,8-10,12,18,20-21H,7,11,13-14H2,1H3,(H,23,25);1-5,7-9,11,16,18-19H,6,10,12-13,21H2. The highest BCUT2D eigenvalue weighted by molar-refractivity contribution is 5.91. The third-order valence-corrected chi connectivity index (χ3v) is 10.9. The van der Waals surface area contributed by atoms with Crippen LogP contribution in [0.15, 0.2) is 109 Å². The van der Waals surface area contributed by atoms with E-state index in [4.69, 9.17) is 15.2 Å². The lowest BCUT2D eigenvalue weighted by Gasteiger charge is -2.43. The maximum absolute atomic E-state index is 13.0. The van der Waals surface area contributed by atoms with Crippen LogP contribution in [0.2, 0.25) is 0 Å². The zero-order valence-corrected chi connectivity index (χ0v) is 29.0. The largest absolute Gasteiger partial charge is 0.444 e. The second-order valence-electron chi connectivity index (χ2n) is 14.0. The predicted octanol–water partition coefficient (Wildman–Crippen LogP) is 8.20. The molecule has 6 atom stereocenters. The average Bonchev–Trinajstić information content (AvgIpc) is 3.85. The summed E-state index contributed by atoms with van der Waals surface area (Å²) in [5.74, 6) is 0.498. The number of anilines is 2. The number of ether oxygens (including phenoxy) is 2. The van der Waals surface area contributed by atoms with E-state index >= 15 is 0 Å². The van der Waals surface area contributed by atoms with Crippen molar-refractivity contribution in [2.24, 2.45) is 17.6 Å². The van der Waals surface area contributed by atoms with Gasteiger partial charge >= 0.3 is 12.2 Å². The number of para-hydroxylation sites is 2. The lowest BCUT2D eigenvalue weighted by Crippen LogP contribution is -2.51. The normalized spacial score (nSPS) is 24.1. The van der Waals surface area contributed by atoms with Crippen LogP contribution in [0.25, 0.3) is 0 Å². The first kappa shape index (κ1) is 34.3. The molecule has 51 heavy (non-hydrogen) atoms. The molecule has 4 aliphatic rings. The molecule has 0 bridgehead atoms. The van der Waals surface area contributed by atoms with E-state index in [9.17, 15) is 14.4 Å². The van der Waals surface area contributed by atoms with Crippen LogP contribution in [-0.4, -0.2) is 30.2 Å². The van der Waals surface area contributed by atoms with Crippen molar-refractivity contribution in [1.29, 1.82) is 0 Å². The lowest BCUT2D eigenvalue weighted by atomic mass is 9.83. The van der Waals surface area contributed by atoms with Crippen molar-refractivity contribution < 1.29 is 23.9 Å². The highest BCUT2D eigenvalue weighted by Gasteiger charge is 2.47. The minimum Gasteiger partial charge on any atom is -0.444 e. The van der Waals surface area contributed by atoms with E-state index < -0.39 is 0 Å². The number of carbonyl (C=O) groups is 3. The van der Waals surface area contributed by atoms with Crippen LogP contribution in [0.5, 0.6) is 0 Å². The zero-order chi connectivity index (χ0) is 35.3. The van der Waals surface area contributed by atoms with E-state index in [2.05, 4.69) is 5.32 Å². The fourth-order valence-corrected chi connectivity index (χ4v) is 8.61. The minimum absolute atomic E-state index is 0.00636. The van der Waals surface area contributed by atoms with Crippen molar-refractivity contribution in [3.05, 3.63) is 131 Å². The van der Waals surface area contributed by atoms with Crippen LogP contribution in [0.3, 0.4) is 0 Å². The van der Waals surface area contributed by atoms with E-state index in [1.807, 2.05) is 119 Å². The Hall–Kier alpha value is -5.15. The fourth-order valence-electron chi connectivity index (χ4n) is 8.61. The van der Waals surface area contributed by atoms with Gasteiger partial charge in [-0.25, -0.2) is 9.59 Å². The number of nitrogens with one attached hydrogen (secondary N) is 1. The van der Waals surface area contributed by atoms with Gasteiger partial charge in [0.25, 0.3) is 0 Å². The molecule has 0 aromatic heterocycles. The Morgan fingerprint density at radius 3 is 1.63 bits per heavy atom. The molecule has 3 N–H and O–H groups in total. The second kappa shape index (κ2) is 15.4. The van der Waals surface area contributed by atoms with Gasteiger partial charge in [-0.2, -0.15) is 0 Å². The van der Waals surface area contributed by atoms with Gasteiger partial charge in [0.1, 0.15) is 13.2 Å². The molecule has 9 heteroatoms. The number of benzene rings is 4. The summed E-state index contributed by atoms with van der Waals surface area (Å²) in [5.41, 5.74) is 12.2. The molecule has 3 amide bonds. The summed E-state index contributed by atoms with van der Waals surface area (Å²) in [6.45, 7) is 2.10. The van der Waals surface area contributed by atoms with Crippen LogP contribution >= 0.6 is 0 Å². The summed E-state index contributed by atoms with van der Waals surface area (Å²) in [7, 11) is 0. The van der Waals surface area contributed by atoms with Crippen molar-refractivity contribution >= 4 is 29.5 Å².